The number of anilines is 2. The fourth-order valence-corrected chi connectivity index (χ4v) is 5.52. The number of likely N-dealkylation sites (N-methyl/N-ethyl adjacent to an activating group) is 1. The molecule has 0 unspecified atom stereocenters. The van der Waals surface area contributed by atoms with Crippen LogP contribution in [0.25, 0.3) is 0 Å². The lowest BCUT2D eigenvalue weighted by atomic mass is 10.1. The SMILES string of the molecule is CCOc1ccc(S(=O)(=O)Nc2cc(C(=O)N3CCCN(C)CC3)ccc2N2CCNCC2)cc1.O=C(O)C(F)(F)F. The maximum atomic E-state index is 13.3. The number of hydrogen-bond donors (Lipinski definition) is 3. The number of carbonyl (C=O) groups excluding carboxylic acids is 1. The lowest BCUT2D eigenvalue weighted by Crippen LogP contribution is -2.43. The Hall–Kier alpha value is -3.56. The number of amides is 1. The number of piperazine rings is 1. The van der Waals surface area contributed by atoms with E-state index < -0.39 is 22.2 Å². The molecule has 2 aliphatic heterocycles. The molecule has 15 heteroatoms. The van der Waals surface area contributed by atoms with Crippen LogP contribution < -0.4 is 19.7 Å². The minimum Gasteiger partial charge on any atom is -0.494 e. The van der Waals surface area contributed by atoms with Crippen molar-refractivity contribution in [3.8, 4) is 5.75 Å². The fourth-order valence-electron chi connectivity index (χ4n) is 4.45. The monoisotopic (exact) mass is 615 g/mol. The van der Waals surface area contributed by atoms with E-state index in [0.717, 1.165) is 51.4 Å². The van der Waals surface area contributed by atoms with Crippen molar-refractivity contribution >= 4 is 33.3 Å². The van der Waals surface area contributed by atoms with E-state index in [2.05, 4.69) is 26.9 Å². The second kappa shape index (κ2) is 14.6. The molecule has 42 heavy (non-hydrogen) atoms. The Labute approximate surface area is 243 Å². The minimum atomic E-state index is -5.08. The van der Waals surface area contributed by atoms with Crippen molar-refractivity contribution in [3.05, 3.63) is 48.0 Å². The number of nitrogens with zero attached hydrogens (tertiary/aromatic N) is 3. The molecule has 2 aliphatic rings. The van der Waals surface area contributed by atoms with Crippen LogP contribution in [-0.4, -0.2) is 107 Å². The van der Waals surface area contributed by atoms with Gasteiger partial charge < -0.3 is 29.9 Å². The Balaban J connectivity index is 0.000000616. The number of ether oxygens (including phenoxy) is 1. The summed E-state index contributed by atoms with van der Waals surface area (Å²) in [6.07, 6.45) is -4.17. The summed E-state index contributed by atoms with van der Waals surface area (Å²) in [4.78, 5) is 28.6. The van der Waals surface area contributed by atoms with Gasteiger partial charge in [-0.15, -0.1) is 0 Å². The number of alkyl halides is 3. The smallest absolute Gasteiger partial charge is 0.490 e. The van der Waals surface area contributed by atoms with Crippen LogP contribution in [0.1, 0.15) is 23.7 Å². The molecule has 0 radical (unpaired) electrons. The summed E-state index contributed by atoms with van der Waals surface area (Å²) < 4.78 is 66.5. The number of carboxylic acid groups (broad SMARTS) is 1. The Morgan fingerprint density at radius 2 is 1.64 bits per heavy atom. The first-order valence-electron chi connectivity index (χ1n) is 13.4. The third-order valence-corrected chi connectivity index (χ3v) is 8.02. The molecule has 0 bridgehead atoms. The Kier molecular flexibility index (Phi) is 11.4. The molecule has 2 aromatic rings. The van der Waals surface area contributed by atoms with Crippen molar-refractivity contribution < 1.29 is 41.0 Å². The van der Waals surface area contributed by atoms with Crippen LogP contribution in [0.2, 0.25) is 0 Å². The van der Waals surface area contributed by atoms with Crippen LogP contribution >= 0.6 is 0 Å². The third kappa shape index (κ3) is 9.22. The zero-order valence-electron chi connectivity index (χ0n) is 23.5. The van der Waals surface area contributed by atoms with Crippen molar-refractivity contribution in [3.63, 3.8) is 0 Å². The summed E-state index contributed by atoms with van der Waals surface area (Å²) in [6.45, 7) is 8.64. The highest BCUT2D eigenvalue weighted by Gasteiger charge is 2.38. The largest absolute Gasteiger partial charge is 0.494 e. The predicted molar refractivity (Wildman–Crippen MR) is 152 cm³/mol. The van der Waals surface area contributed by atoms with Gasteiger partial charge in [-0.3, -0.25) is 9.52 Å². The highest BCUT2D eigenvalue weighted by atomic mass is 32.2. The van der Waals surface area contributed by atoms with Crippen LogP contribution in [0, 0.1) is 0 Å². The van der Waals surface area contributed by atoms with Gasteiger partial charge in [0.05, 0.1) is 22.9 Å². The molecule has 11 nitrogen and oxygen atoms in total. The van der Waals surface area contributed by atoms with Crippen LogP contribution in [0.4, 0.5) is 24.5 Å². The predicted octanol–water partition coefficient (Wildman–Crippen LogP) is 2.71. The highest BCUT2D eigenvalue weighted by molar-refractivity contribution is 7.92. The number of rotatable bonds is 7. The summed E-state index contributed by atoms with van der Waals surface area (Å²) in [5.41, 5.74) is 1.67. The van der Waals surface area contributed by atoms with E-state index in [-0.39, 0.29) is 10.8 Å². The van der Waals surface area contributed by atoms with Crippen molar-refractivity contribution in [2.24, 2.45) is 0 Å². The van der Waals surface area contributed by atoms with E-state index in [4.69, 9.17) is 14.6 Å². The Morgan fingerprint density at radius 3 is 2.24 bits per heavy atom. The van der Waals surface area contributed by atoms with E-state index in [1.165, 1.54) is 12.1 Å². The van der Waals surface area contributed by atoms with E-state index in [0.29, 0.717) is 36.7 Å². The quantitative estimate of drug-likeness (QED) is 0.430. The molecule has 0 spiro atoms. The maximum absolute atomic E-state index is 13.3. The zero-order chi connectivity index (χ0) is 30.9. The molecule has 0 atom stereocenters. The summed E-state index contributed by atoms with van der Waals surface area (Å²) in [6, 6.07) is 11.7. The fraction of sp³-hybridized carbons (Fsp3) is 0.481. The van der Waals surface area contributed by atoms with Crippen molar-refractivity contribution in [1.29, 1.82) is 0 Å². The first-order chi connectivity index (χ1) is 19.8. The molecule has 0 aromatic heterocycles. The van der Waals surface area contributed by atoms with E-state index in [1.807, 2.05) is 24.0 Å². The number of benzene rings is 2. The molecule has 0 aliphatic carbocycles. The van der Waals surface area contributed by atoms with Gasteiger partial charge in [0, 0.05) is 51.4 Å². The number of carbonyl (C=O) groups is 2. The van der Waals surface area contributed by atoms with Crippen LogP contribution in [0.15, 0.2) is 47.4 Å². The number of aliphatic carboxylic acids is 1. The average Bonchev–Trinajstić information content (AvgIpc) is 3.17. The van der Waals surface area contributed by atoms with Gasteiger partial charge in [-0.05, 0) is 69.4 Å². The van der Waals surface area contributed by atoms with Gasteiger partial charge in [-0.25, -0.2) is 13.2 Å². The summed E-state index contributed by atoms with van der Waals surface area (Å²) >= 11 is 0. The first-order valence-corrected chi connectivity index (χ1v) is 14.9. The molecule has 1 amide bonds. The third-order valence-electron chi connectivity index (χ3n) is 6.64. The van der Waals surface area contributed by atoms with Gasteiger partial charge in [0.2, 0.25) is 0 Å². The first kappa shape index (κ1) is 32.9. The van der Waals surface area contributed by atoms with Gasteiger partial charge in [0.1, 0.15) is 5.75 Å². The van der Waals surface area contributed by atoms with Crippen molar-refractivity contribution in [2.45, 2.75) is 24.4 Å². The van der Waals surface area contributed by atoms with Gasteiger partial charge >= 0.3 is 12.1 Å². The lowest BCUT2D eigenvalue weighted by molar-refractivity contribution is -0.192. The molecular formula is C27H36F3N5O6S. The molecular weight excluding hydrogens is 579 g/mol. The molecule has 2 aromatic carbocycles. The number of sulfonamides is 1. The van der Waals surface area contributed by atoms with Gasteiger partial charge in [-0.1, -0.05) is 0 Å². The second-order valence-corrected chi connectivity index (χ2v) is 11.4. The van der Waals surface area contributed by atoms with E-state index >= 15 is 0 Å². The van der Waals surface area contributed by atoms with Crippen molar-refractivity contribution in [2.75, 3.05) is 75.6 Å². The number of nitrogens with one attached hydrogen (secondary N) is 2. The number of halogens is 3. The maximum Gasteiger partial charge on any atom is 0.490 e. The minimum absolute atomic E-state index is 0.0753. The Bertz CT molecular complexity index is 1320. The van der Waals surface area contributed by atoms with Gasteiger partial charge in [0.25, 0.3) is 15.9 Å². The van der Waals surface area contributed by atoms with Gasteiger partial charge in [-0.2, -0.15) is 13.2 Å². The van der Waals surface area contributed by atoms with E-state index in [1.54, 1.807) is 18.2 Å². The number of hydrogen-bond acceptors (Lipinski definition) is 8. The van der Waals surface area contributed by atoms with Crippen LogP contribution in [0.3, 0.4) is 0 Å². The van der Waals surface area contributed by atoms with Gasteiger partial charge in [0.15, 0.2) is 0 Å². The standard InChI is InChI=1S/C25H35N5O4S.C2HF3O2/c1-3-34-21-6-8-22(9-7-21)35(32,33)27-23-19-20(5-10-24(23)29-15-11-26-12-16-29)25(31)30-14-4-13-28(2)17-18-30;3-2(4,5)1(6)7/h5-10,19,26-27H,3-4,11-18H2,1-2H3;(H,6,7). The second-order valence-electron chi connectivity index (χ2n) is 9.73. The molecule has 2 saturated heterocycles. The lowest BCUT2D eigenvalue weighted by Gasteiger charge is -2.31. The van der Waals surface area contributed by atoms with Crippen LogP contribution in [-0.2, 0) is 14.8 Å². The molecule has 232 valence electrons. The molecule has 2 heterocycles. The highest BCUT2D eigenvalue weighted by Crippen LogP contribution is 2.31. The summed E-state index contributed by atoms with van der Waals surface area (Å²) in [5.74, 6) is -2.22. The molecule has 2 fully saturated rings. The van der Waals surface area contributed by atoms with Crippen LogP contribution in [0.5, 0.6) is 5.75 Å². The molecule has 0 saturated carbocycles. The average molecular weight is 616 g/mol. The molecule has 3 N–H and O–H groups in total. The Morgan fingerprint density at radius 1 is 1.00 bits per heavy atom. The van der Waals surface area contributed by atoms with Crippen molar-refractivity contribution in [1.82, 2.24) is 15.1 Å². The zero-order valence-corrected chi connectivity index (χ0v) is 24.3. The topological polar surface area (TPSA) is 132 Å². The summed E-state index contributed by atoms with van der Waals surface area (Å²) in [5, 5.41) is 10.4. The summed E-state index contributed by atoms with van der Waals surface area (Å²) in [7, 11) is -1.81. The number of carboxylic acids is 1. The molecule has 4 rings (SSSR count). The van der Waals surface area contributed by atoms with E-state index in [9.17, 15) is 26.4 Å². The normalized spacial score (nSPS) is 16.6.